The molecule has 25 heavy (non-hydrogen) atoms. The number of fused-ring (bicyclic) bond motifs is 1. The molecule has 0 aliphatic heterocycles. The van der Waals surface area contributed by atoms with Gasteiger partial charge in [-0.3, -0.25) is 9.89 Å². The summed E-state index contributed by atoms with van der Waals surface area (Å²) in [6.45, 7) is 0.230. The Kier molecular flexibility index (Phi) is 4.92. The number of nitrogens with zero attached hydrogens (tertiary/aromatic N) is 2. The van der Waals surface area contributed by atoms with Gasteiger partial charge >= 0.3 is 0 Å². The van der Waals surface area contributed by atoms with E-state index >= 15 is 0 Å². The predicted molar refractivity (Wildman–Crippen MR) is 92.1 cm³/mol. The lowest BCUT2D eigenvalue weighted by atomic mass is 10.1. The fourth-order valence-corrected chi connectivity index (χ4v) is 2.39. The van der Waals surface area contributed by atoms with Crippen LogP contribution < -0.4 is 10.1 Å². The summed E-state index contributed by atoms with van der Waals surface area (Å²) in [7, 11) is 1.45. The molecule has 3 rings (SSSR count). The van der Waals surface area contributed by atoms with Crippen LogP contribution in [0.25, 0.3) is 10.9 Å². The van der Waals surface area contributed by atoms with Crippen LogP contribution in [0.15, 0.2) is 42.5 Å². The number of nitriles is 1. The van der Waals surface area contributed by atoms with Crippen LogP contribution in [0, 0.1) is 11.3 Å². The van der Waals surface area contributed by atoms with Crippen molar-refractivity contribution in [1.82, 2.24) is 10.2 Å². The highest BCUT2D eigenvalue weighted by Crippen LogP contribution is 2.26. The minimum atomic E-state index is -0.287. The Hall–Kier alpha value is -3.37. The highest BCUT2D eigenvalue weighted by molar-refractivity contribution is 6.00. The zero-order chi connectivity index (χ0) is 17.6. The van der Waals surface area contributed by atoms with Crippen LogP contribution in [-0.2, 0) is 16.1 Å². The fourth-order valence-electron chi connectivity index (χ4n) is 2.39. The first-order valence-corrected chi connectivity index (χ1v) is 7.59. The molecule has 0 spiro atoms. The first-order chi connectivity index (χ1) is 12.2. The largest absolute Gasteiger partial charge is 0.489 e. The number of carbonyl (C=O) groups excluding carboxylic acids is 1. The van der Waals surface area contributed by atoms with E-state index in [1.165, 1.54) is 7.11 Å². The first-order valence-electron chi connectivity index (χ1n) is 7.59. The summed E-state index contributed by atoms with van der Waals surface area (Å²) in [6, 6.07) is 14.8. The molecule has 0 fully saturated rings. The highest BCUT2D eigenvalue weighted by atomic mass is 16.5. The van der Waals surface area contributed by atoms with E-state index < -0.39 is 0 Å². The van der Waals surface area contributed by atoms with Gasteiger partial charge < -0.3 is 14.8 Å². The van der Waals surface area contributed by atoms with Gasteiger partial charge in [0.05, 0.1) is 17.1 Å². The van der Waals surface area contributed by atoms with Crippen molar-refractivity contribution in [1.29, 1.82) is 5.26 Å². The average Bonchev–Trinajstić information content (AvgIpc) is 3.02. The number of aromatic amines is 1. The molecular weight excluding hydrogens is 320 g/mol. The van der Waals surface area contributed by atoms with E-state index in [1.807, 2.05) is 24.3 Å². The molecule has 0 unspecified atom stereocenters. The van der Waals surface area contributed by atoms with Crippen molar-refractivity contribution < 1.29 is 14.3 Å². The van der Waals surface area contributed by atoms with E-state index in [9.17, 15) is 4.79 Å². The maximum Gasteiger partial charge on any atom is 0.251 e. The van der Waals surface area contributed by atoms with Crippen LogP contribution in [0.1, 0.15) is 11.1 Å². The third-order valence-electron chi connectivity index (χ3n) is 3.60. The van der Waals surface area contributed by atoms with E-state index in [2.05, 4.69) is 21.6 Å². The summed E-state index contributed by atoms with van der Waals surface area (Å²) in [5, 5.41) is 19.5. The maximum atomic E-state index is 11.7. The smallest absolute Gasteiger partial charge is 0.251 e. The van der Waals surface area contributed by atoms with Crippen molar-refractivity contribution in [3.63, 3.8) is 0 Å². The average molecular weight is 336 g/mol. The van der Waals surface area contributed by atoms with Gasteiger partial charge in [-0.1, -0.05) is 18.2 Å². The van der Waals surface area contributed by atoms with E-state index in [1.54, 1.807) is 18.2 Å². The quantitative estimate of drug-likeness (QED) is 0.721. The third-order valence-corrected chi connectivity index (χ3v) is 3.60. The summed E-state index contributed by atoms with van der Waals surface area (Å²) in [5.74, 6) is 0.744. The maximum absolute atomic E-state index is 11.7. The number of aromatic nitrogens is 2. The van der Waals surface area contributed by atoms with Gasteiger partial charge in [0.1, 0.15) is 19.0 Å². The highest BCUT2D eigenvalue weighted by Gasteiger charge is 2.10. The number of H-pyrrole nitrogens is 1. The lowest BCUT2D eigenvalue weighted by Gasteiger charge is -2.08. The molecule has 2 aromatic carbocycles. The van der Waals surface area contributed by atoms with Crippen molar-refractivity contribution in [3.8, 4) is 11.8 Å². The molecule has 3 aromatic rings. The molecule has 0 saturated carbocycles. The van der Waals surface area contributed by atoms with Crippen molar-refractivity contribution in [3.05, 3.63) is 53.6 Å². The second kappa shape index (κ2) is 7.47. The fraction of sp³-hybridized carbons (Fsp3) is 0.167. The molecule has 0 radical (unpaired) electrons. The topological polar surface area (TPSA) is 100 Å². The Bertz CT molecular complexity index is 943. The molecule has 7 heteroatoms. The van der Waals surface area contributed by atoms with Gasteiger partial charge in [0.15, 0.2) is 5.82 Å². The summed E-state index contributed by atoms with van der Waals surface area (Å²) in [6.07, 6.45) is 0. The summed E-state index contributed by atoms with van der Waals surface area (Å²) in [4.78, 5) is 11.7. The van der Waals surface area contributed by atoms with Crippen LogP contribution in [0.5, 0.6) is 5.75 Å². The SMILES string of the molecule is COCC(=O)Nc1n[nH]c2ccc(OCc3ccccc3C#N)cc12. The molecule has 0 bridgehead atoms. The minimum Gasteiger partial charge on any atom is -0.489 e. The Morgan fingerprint density at radius 3 is 2.96 bits per heavy atom. The zero-order valence-electron chi connectivity index (χ0n) is 13.6. The number of nitrogens with one attached hydrogen (secondary N) is 2. The van der Waals surface area contributed by atoms with Gasteiger partial charge in [-0.25, -0.2) is 0 Å². The van der Waals surface area contributed by atoms with Crippen LogP contribution in [0.2, 0.25) is 0 Å². The monoisotopic (exact) mass is 336 g/mol. The summed E-state index contributed by atoms with van der Waals surface area (Å²) >= 11 is 0. The Morgan fingerprint density at radius 2 is 2.16 bits per heavy atom. The van der Waals surface area contributed by atoms with Crippen LogP contribution in [-0.4, -0.2) is 29.8 Å². The molecule has 1 aromatic heterocycles. The molecule has 7 nitrogen and oxygen atoms in total. The number of hydrogen-bond acceptors (Lipinski definition) is 5. The number of ether oxygens (including phenoxy) is 2. The number of amides is 1. The van der Waals surface area contributed by atoms with Gasteiger partial charge in [0, 0.05) is 18.1 Å². The Labute approximate surface area is 144 Å². The number of methoxy groups -OCH3 is 1. The summed E-state index contributed by atoms with van der Waals surface area (Å²) in [5.41, 5.74) is 2.17. The number of carbonyl (C=O) groups is 1. The van der Waals surface area contributed by atoms with Gasteiger partial charge in [-0.15, -0.1) is 0 Å². The van der Waals surface area contributed by atoms with E-state index in [0.29, 0.717) is 17.1 Å². The van der Waals surface area contributed by atoms with Crippen molar-refractivity contribution >= 4 is 22.6 Å². The van der Waals surface area contributed by atoms with E-state index in [4.69, 9.17) is 14.7 Å². The Balaban J connectivity index is 1.78. The summed E-state index contributed by atoms with van der Waals surface area (Å²) < 4.78 is 10.6. The van der Waals surface area contributed by atoms with Gasteiger partial charge in [-0.05, 0) is 24.3 Å². The third kappa shape index (κ3) is 3.76. The normalized spacial score (nSPS) is 10.4. The van der Waals surface area contributed by atoms with Crippen LogP contribution in [0.4, 0.5) is 5.82 Å². The second-order valence-corrected chi connectivity index (χ2v) is 5.32. The van der Waals surface area contributed by atoms with Gasteiger partial charge in [-0.2, -0.15) is 10.4 Å². The van der Waals surface area contributed by atoms with Crippen molar-refractivity contribution in [2.24, 2.45) is 0 Å². The molecule has 1 heterocycles. The molecule has 0 saturated heterocycles. The lowest BCUT2D eigenvalue weighted by Crippen LogP contribution is -2.17. The molecule has 2 N–H and O–H groups in total. The second-order valence-electron chi connectivity index (χ2n) is 5.32. The molecule has 0 aliphatic rings. The van der Waals surface area contributed by atoms with Gasteiger partial charge in [0.2, 0.25) is 0 Å². The first kappa shape index (κ1) is 16.5. The molecule has 0 atom stereocenters. The lowest BCUT2D eigenvalue weighted by molar-refractivity contribution is -0.119. The van der Waals surface area contributed by atoms with E-state index in [0.717, 1.165) is 16.5 Å². The van der Waals surface area contributed by atoms with E-state index in [-0.39, 0.29) is 19.1 Å². The van der Waals surface area contributed by atoms with Crippen LogP contribution in [0.3, 0.4) is 0 Å². The molecule has 0 aliphatic carbocycles. The van der Waals surface area contributed by atoms with Crippen molar-refractivity contribution in [2.75, 3.05) is 19.0 Å². The number of rotatable bonds is 6. The van der Waals surface area contributed by atoms with Gasteiger partial charge in [0.25, 0.3) is 5.91 Å². The minimum absolute atomic E-state index is 0.0461. The number of hydrogen-bond donors (Lipinski definition) is 2. The standard InChI is InChI=1S/C18H16N4O3/c1-24-11-17(23)20-18-15-8-14(6-7-16(15)21-22-18)25-10-13-5-3-2-4-12(13)9-19/h2-8H,10-11H2,1H3,(H2,20,21,22,23). The zero-order valence-corrected chi connectivity index (χ0v) is 13.6. The van der Waals surface area contributed by atoms with Crippen molar-refractivity contribution in [2.45, 2.75) is 6.61 Å². The molecule has 1 amide bonds. The predicted octanol–water partition coefficient (Wildman–Crippen LogP) is 2.60. The molecule has 126 valence electrons. The number of anilines is 1. The molecular formula is C18H16N4O3. The number of benzene rings is 2. The van der Waals surface area contributed by atoms with Crippen LogP contribution >= 0.6 is 0 Å². The Morgan fingerprint density at radius 1 is 1.32 bits per heavy atom.